The number of rotatable bonds is 26. The number of nitrogens with zero attached hydrogens (tertiary/aromatic N) is 2. The first-order valence-electron chi connectivity index (χ1n) is 16.0. The molecule has 0 saturated heterocycles. The molecule has 0 spiro atoms. The highest BCUT2D eigenvalue weighted by atomic mass is 15.4. The Bertz CT molecular complexity index is 433. The van der Waals surface area contributed by atoms with E-state index in [0.717, 1.165) is 0 Å². The fraction of sp³-hybridized carbons (Fsp3) is 0.938. The molecule has 0 amide bonds. The maximum atomic E-state index is 2.67. The Hall–Kier alpha value is -0.660. The summed E-state index contributed by atoms with van der Waals surface area (Å²) >= 11 is 0. The molecule has 0 fully saturated rings. The Morgan fingerprint density at radius 2 is 0.706 bits per heavy atom. The van der Waals surface area contributed by atoms with Gasteiger partial charge in [0, 0.05) is 25.5 Å². The van der Waals surface area contributed by atoms with Crippen molar-refractivity contribution in [1.29, 1.82) is 0 Å². The molecule has 2 heteroatoms. The van der Waals surface area contributed by atoms with Crippen molar-refractivity contribution in [2.24, 2.45) is 0 Å². The molecule has 34 heavy (non-hydrogen) atoms. The molecular formula is C32H64N2. The minimum absolute atomic E-state index is 0.643. The second-order valence-corrected chi connectivity index (χ2v) is 11.1. The summed E-state index contributed by atoms with van der Waals surface area (Å²) in [6.45, 7) is 9.43. The van der Waals surface area contributed by atoms with Gasteiger partial charge in [-0.1, -0.05) is 149 Å². The highest BCUT2D eigenvalue weighted by Gasteiger charge is 2.24. The molecule has 2 nitrogen and oxygen atoms in total. The van der Waals surface area contributed by atoms with Gasteiger partial charge >= 0.3 is 0 Å². The quantitative estimate of drug-likeness (QED) is 0.114. The molecule has 0 N–H and O–H groups in total. The Morgan fingerprint density at radius 1 is 0.382 bits per heavy atom. The summed E-state index contributed by atoms with van der Waals surface area (Å²) in [6, 6.07) is 0. The topological polar surface area (TPSA) is 6.48 Å². The smallest absolute Gasteiger partial charge is 0.101 e. The highest BCUT2D eigenvalue weighted by Crippen LogP contribution is 2.23. The number of hydrogen-bond acceptors (Lipinski definition) is 2. The van der Waals surface area contributed by atoms with Crippen molar-refractivity contribution in [2.45, 2.75) is 181 Å². The van der Waals surface area contributed by atoms with Crippen LogP contribution in [-0.2, 0) is 0 Å². The van der Waals surface area contributed by atoms with Gasteiger partial charge in [-0.15, -0.1) is 0 Å². The predicted octanol–water partition coefficient (Wildman–Crippen LogP) is 10.8. The Morgan fingerprint density at radius 3 is 1.12 bits per heavy atom. The van der Waals surface area contributed by atoms with E-state index < -0.39 is 0 Å². The zero-order valence-electron chi connectivity index (χ0n) is 24.0. The zero-order chi connectivity index (χ0) is 24.5. The van der Waals surface area contributed by atoms with E-state index in [2.05, 4.69) is 43.0 Å². The van der Waals surface area contributed by atoms with Crippen LogP contribution in [-0.4, -0.2) is 29.1 Å². The molecule has 0 aromatic heterocycles. The lowest BCUT2D eigenvalue weighted by atomic mass is 10.0. The summed E-state index contributed by atoms with van der Waals surface area (Å²) in [4.78, 5) is 5.32. The average Bonchev–Trinajstić information content (AvgIpc) is 3.23. The first-order valence-corrected chi connectivity index (χ1v) is 16.0. The molecule has 0 aromatic carbocycles. The lowest BCUT2D eigenvalue weighted by Crippen LogP contribution is -2.39. The third-order valence-electron chi connectivity index (χ3n) is 7.82. The maximum absolute atomic E-state index is 2.67. The van der Waals surface area contributed by atoms with E-state index in [1.54, 1.807) is 0 Å². The van der Waals surface area contributed by atoms with Crippen LogP contribution in [0.15, 0.2) is 12.4 Å². The molecule has 1 rings (SSSR count). The monoisotopic (exact) mass is 477 g/mol. The first kappa shape index (κ1) is 31.4. The molecule has 0 aromatic rings. The van der Waals surface area contributed by atoms with Crippen molar-refractivity contribution in [3.63, 3.8) is 0 Å². The summed E-state index contributed by atoms with van der Waals surface area (Å²) in [5.41, 5.74) is 0. The Kier molecular flexibility index (Phi) is 22.2. The SMILES string of the molecule is CCCCCCCCCCCCCCCCC1N(CCCC)C=CN1CCCCCCCCC. The van der Waals surface area contributed by atoms with Gasteiger partial charge in [-0.25, -0.2) is 0 Å². The van der Waals surface area contributed by atoms with Gasteiger partial charge in [-0.3, -0.25) is 0 Å². The van der Waals surface area contributed by atoms with Crippen molar-refractivity contribution in [3.8, 4) is 0 Å². The Labute approximate surface area is 216 Å². The summed E-state index contributed by atoms with van der Waals surface area (Å²) in [7, 11) is 0. The first-order chi connectivity index (χ1) is 16.8. The van der Waals surface area contributed by atoms with Crippen LogP contribution >= 0.6 is 0 Å². The fourth-order valence-electron chi connectivity index (χ4n) is 5.45. The molecular weight excluding hydrogens is 412 g/mol. The van der Waals surface area contributed by atoms with Crippen LogP contribution in [0.4, 0.5) is 0 Å². The van der Waals surface area contributed by atoms with E-state index in [1.165, 1.54) is 167 Å². The summed E-state index contributed by atoms with van der Waals surface area (Å²) in [5, 5.41) is 0. The van der Waals surface area contributed by atoms with Crippen LogP contribution in [0.5, 0.6) is 0 Å². The minimum atomic E-state index is 0.643. The molecule has 1 heterocycles. The van der Waals surface area contributed by atoms with Gasteiger partial charge < -0.3 is 9.80 Å². The highest BCUT2D eigenvalue weighted by molar-refractivity contribution is 4.96. The van der Waals surface area contributed by atoms with Crippen LogP contribution in [0, 0.1) is 0 Å². The van der Waals surface area contributed by atoms with E-state index in [-0.39, 0.29) is 0 Å². The summed E-state index contributed by atoms with van der Waals surface area (Å²) in [6.07, 6.45) is 39.6. The second-order valence-electron chi connectivity index (χ2n) is 11.1. The van der Waals surface area contributed by atoms with Gasteiger partial charge in [-0.2, -0.15) is 0 Å². The largest absolute Gasteiger partial charge is 0.356 e. The maximum Gasteiger partial charge on any atom is 0.101 e. The third-order valence-corrected chi connectivity index (χ3v) is 7.82. The fourth-order valence-corrected chi connectivity index (χ4v) is 5.45. The average molecular weight is 477 g/mol. The van der Waals surface area contributed by atoms with Crippen molar-refractivity contribution in [2.75, 3.05) is 13.1 Å². The Balaban J connectivity index is 2.07. The number of unbranched alkanes of at least 4 members (excludes halogenated alkanes) is 20. The third kappa shape index (κ3) is 16.9. The normalized spacial score (nSPS) is 15.7. The minimum Gasteiger partial charge on any atom is -0.356 e. The van der Waals surface area contributed by atoms with Gasteiger partial charge in [0.2, 0.25) is 0 Å². The molecule has 202 valence electrons. The zero-order valence-corrected chi connectivity index (χ0v) is 24.0. The van der Waals surface area contributed by atoms with E-state index in [9.17, 15) is 0 Å². The van der Waals surface area contributed by atoms with E-state index >= 15 is 0 Å². The molecule has 0 radical (unpaired) electrons. The van der Waals surface area contributed by atoms with Gasteiger partial charge in [0.15, 0.2) is 0 Å². The molecule has 1 aliphatic heterocycles. The standard InChI is InChI=1S/C32H64N2/c1-4-7-10-12-14-15-16-17-18-19-20-21-23-25-27-32-33(28-9-6-3)30-31-34(32)29-26-24-22-13-11-8-5-2/h30-32H,4-29H2,1-3H3. The van der Waals surface area contributed by atoms with Gasteiger partial charge in [0.1, 0.15) is 6.17 Å². The summed E-state index contributed by atoms with van der Waals surface area (Å²) < 4.78 is 0. The van der Waals surface area contributed by atoms with Crippen LogP contribution in [0.3, 0.4) is 0 Å². The van der Waals surface area contributed by atoms with Crippen molar-refractivity contribution in [3.05, 3.63) is 12.4 Å². The van der Waals surface area contributed by atoms with Crippen molar-refractivity contribution in [1.82, 2.24) is 9.80 Å². The molecule has 0 bridgehead atoms. The lowest BCUT2D eigenvalue weighted by Gasteiger charge is -2.33. The van der Waals surface area contributed by atoms with E-state index in [4.69, 9.17) is 0 Å². The van der Waals surface area contributed by atoms with Crippen molar-refractivity contribution < 1.29 is 0 Å². The summed E-state index contributed by atoms with van der Waals surface area (Å²) in [5.74, 6) is 0. The second kappa shape index (κ2) is 24.1. The van der Waals surface area contributed by atoms with E-state index in [1.807, 2.05) is 0 Å². The lowest BCUT2D eigenvalue weighted by molar-refractivity contribution is 0.136. The molecule has 1 unspecified atom stereocenters. The van der Waals surface area contributed by atoms with E-state index in [0.29, 0.717) is 6.17 Å². The van der Waals surface area contributed by atoms with Crippen LogP contribution < -0.4 is 0 Å². The van der Waals surface area contributed by atoms with Gasteiger partial charge in [-0.05, 0) is 25.7 Å². The number of hydrogen-bond donors (Lipinski definition) is 0. The van der Waals surface area contributed by atoms with Gasteiger partial charge in [0.05, 0.1) is 0 Å². The molecule has 1 aliphatic rings. The van der Waals surface area contributed by atoms with Crippen LogP contribution in [0.1, 0.15) is 175 Å². The predicted molar refractivity (Wildman–Crippen MR) is 154 cm³/mol. The molecule has 1 atom stereocenters. The molecule has 0 aliphatic carbocycles. The van der Waals surface area contributed by atoms with Gasteiger partial charge in [0.25, 0.3) is 0 Å². The van der Waals surface area contributed by atoms with Crippen LogP contribution in [0.25, 0.3) is 0 Å². The van der Waals surface area contributed by atoms with Crippen molar-refractivity contribution >= 4 is 0 Å². The molecule has 0 saturated carbocycles. The van der Waals surface area contributed by atoms with Crippen LogP contribution in [0.2, 0.25) is 0 Å².